The molecule has 0 aliphatic rings. The lowest BCUT2D eigenvalue weighted by atomic mass is 10.0. The molecule has 1 heterocycles. The molecule has 1 amide bonds. The molecule has 0 radical (unpaired) electrons. The van der Waals surface area contributed by atoms with Gasteiger partial charge in [-0.1, -0.05) is 54.6 Å². The number of carbonyl (C=O) groups is 2. The monoisotopic (exact) mass is 628 g/mol. The van der Waals surface area contributed by atoms with E-state index in [0.29, 0.717) is 28.9 Å². The largest absolute Gasteiger partial charge is 0.477 e. The first-order chi connectivity index (χ1) is 21.1. The van der Waals surface area contributed by atoms with E-state index in [9.17, 15) is 33.2 Å². The zero-order valence-corrected chi connectivity index (χ0v) is 24.5. The Kier molecular flexibility index (Phi) is 8.88. The molecule has 0 spiro atoms. The Balaban J connectivity index is 1.29. The zero-order chi connectivity index (χ0) is 31.3. The number of nitrogens with zero attached hydrogens (tertiary/aromatic N) is 2. The fraction of sp³-hybridized carbons (Fsp3) is 0.0645. The number of aromatic nitrogens is 1. The number of hydrogen-bond donors (Lipinski definition) is 3. The van der Waals surface area contributed by atoms with Gasteiger partial charge >= 0.3 is 5.97 Å². The molecule has 0 fully saturated rings. The maximum absolute atomic E-state index is 13.0. The summed E-state index contributed by atoms with van der Waals surface area (Å²) in [5.41, 5.74) is 1.35. The predicted molar refractivity (Wildman–Crippen MR) is 168 cm³/mol. The lowest BCUT2D eigenvalue weighted by molar-refractivity contribution is -0.384. The number of carboxylic acids is 1. The van der Waals surface area contributed by atoms with Gasteiger partial charge in [0.1, 0.15) is 11.4 Å². The van der Waals surface area contributed by atoms with Crippen molar-refractivity contribution in [2.75, 3.05) is 17.6 Å². The summed E-state index contributed by atoms with van der Waals surface area (Å²) in [4.78, 5) is 40.2. The lowest BCUT2D eigenvalue weighted by Gasteiger charge is -2.11. The third kappa shape index (κ3) is 6.85. The van der Waals surface area contributed by atoms with Crippen LogP contribution in [-0.4, -0.2) is 47.6 Å². The van der Waals surface area contributed by atoms with Crippen LogP contribution >= 0.6 is 11.8 Å². The number of rotatable bonds is 11. The van der Waals surface area contributed by atoms with Crippen LogP contribution in [0.4, 0.5) is 11.4 Å². The number of thioether (sulfide) groups is 1. The number of sulfonamides is 1. The van der Waals surface area contributed by atoms with Crippen molar-refractivity contribution < 1.29 is 28.0 Å². The highest BCUT2D eigenvalue weighted by Gasteiger charge is 2.24. The van der Waals surface area contributed by atoms with Crippen LogP contribution in [0.1, 0.15) is 20.8 Å². The van der Waals surface area contributed by atoms with E-state index in [1.807, 2.05) is 35.1 Å². The number of carboxylic acid groups (broad SMARTS) is 1. The van der Waals surface area contributed by atoms with Gasteiger partial charge in [0.25, 0.3) is 21.6 Å². The van der Waals surface area contributed by atoms with Crippen molar-refractivity contribution >= 4 is 55.9 Å². The van der Waals surface area contributed by atoms with Gasteiger partial charge in [0.2, 0.25) is 0 Å². The number of pyridine rings is 1. The number of nitro groups is 1. The minimum absolute atomic E-state index is 0.0282. The van der Waals surface area contributed by atoms with Crippen LogP contribution in [0.3, 0.4) is 0 Å². The van der Waals surface area contributed by atoms with Gasteiger partial charge in [-0.05, 0) is 48.0 Å². The summed E-state index contributed by atoms with van der Waals surface area (Å²) in [6, 6.07) is 27.5. The number of hydrogen-bond acceptors (Lipinski definition) is 9. The Morgan fingerprint density at radius 1 is 0.909 bits per heavy atom. The number of nitro benzene ring substituents is 1. The molecule has 44 heavy (non-hydrogen) atoms. The molecule has 0 bridgehead atoms. The minimum atomic E-state index is -4.45. The number of fused-ring (bicyclic) bond motifs is 1. The first-order valence-corrected chi connectivity index (χ1v) is 15.6. The summed E-state index contributed by atoms with van der Waals surface area (Å²) in [7, 11) is -4.45. The number of amides is 1. The summed E-state index contributed by atoms with van der Waals surface area (Å²) in [6.07, 6.45) is 0. The van der Waals surface area contributed by atoms with Gasteiger partial charge in [0.15, 0.2) is 0 Å². The fourth-order valence-electron chi connectivity index (χ4n) is 4.39. The molecule has 1 aromatic heterocycles. The quantitative estimate of drug-likeness (QED) is 0.0700. The van der Waals surface area contributed by atoms with Crippen LogP contribution in [0, 0.1) is 10.1 Å². The summed E-state index contributed by atoms with van der Waals surface area (Å²) in [6.45, 7) is 0.398. The second-order valence-corrected chi connectivity index (χ2v) is 12.3. The summed E-state index contributed by atoms with van der Waals surface area (Å²) < 4.78 is 28.0. The van der Waals surface area contributed by atoms with E-state index < -0.39 is 37.4 Å². The van der Waals surface area contributed by atoms with E-state index in [-0.39, 0.29) is 16.9 Å². The van der Waals surface area contributed by atoms with E-state index in [0.717, 1.165) is 16.3 Å². The summed E-state index contributed by atoms with van der Waals surface area (Å²) in [5.74, 6) is -1.47. The third-order valence-electron chi connectivity index (χ3n) is 6.53. The number of aromatic carboxylic acids is 1. The first-order valence-electron chi connectivity index (χ1n) is 13.1. The van der Waals surface area contributed by atoms with Gasteiger partial charge < -0.3 is 10.4 Å². The summed E-state index contributed by atoms with van der Waals surface area (Å²) in [5, 5.41) is 24.7. The van der Waals surface area contributed by atoms with Crippen LogP contribution in [0.25, 0.3) is 22.0 Å². The summed E-state index contributed by atoms with van der Waals surface area (Å²) >= 11 is 1.57. The highest BCUT2D eigenvalue weighted by Crippen LogP contribution is 2.30. The Bertz CT molecular complexity index is 1980. The van der Waals surface area contributed by atoms with Crippen LogP contribution < -0.4 is 10.0 Å². The second-order valence-electron chi connectivity index (χ2n) is 9.42. The number of anilines is 1. The van der Waals surface area contributed by atoms with E-state index in [1.54, 1.807) is 48.2 Å². The maximum atomic E-state index is 13.0. The molecular weight excluding hydrogens is 604 g/mol. The average Bonchev–Trinajstić information content (AvgIpc) is 3.02. The molecule has 0 saturated carbocycles. The Morgan fingerprint density at radius 2 is 1.66 bits per heavy atom. The molecule has 0 saturated heterocycles. The molecule has 11 nitrogen and oxygen atoms in total. The Morgan fingerprint density at radius 3 is 2.36 bits per heavy atom. The molecule has 0 aliphatic heterocycles. The van der Waals surface area contributed by atoms with Crippen LogP contribution in [0.15, 0.2) is 113 Å². The van der Waals surface area contributed by atoms with Crippen molar-refractivity contribution in [2.24, 2.45) is 0 Å². The van der Waals surface area contributed by atoms with Crippen molar-refractivity contribution in [3.05, 3.63) is 124 Å². The van der Waals surface area contributed by atoms with Gasteiger partial charge in [-0.15, -0.1) is 11.8 Å². The molecule has 222 valence electrons. The topological polar surface area (TPSA) is 169 Å². The van der Waals surface area contributed by atoms with Gasteiger partial charge in [-0.2, -0.15) is 0 Å². The Hall–Kier alpha value is -5.27. The Labute approximate surface area is 256 Å². The molecule has 4 aromatic carbocycles. The van der Waals surface area contributed by atoms with Crippen molar-refractivity contribution in [3.63, 3.8) is 0 Å². The molecule has 0 atom stereocenters. The average molecular weight is 629 g/mol. The van der Waals surface area contributed by atoms with Crippen molar-refractivity contribution in [2.45, 2.75) is 9.79 Å². The van der Waals surface area contributed by atoms with Crippen molar-refractivity contribution in [1.82, 2.24) is 9.71 Å². The van der Waals surface area contributed by atoms with Gasteiger partial charge in [-0.3, -0.25) is 14.9 Å². The normalized spacial score (nSPS) is 11.2. The molecule has 5 rings (SSSR count). The molecule has 0 unspecified atom stereocenters. The highest BCUT2D eigenvalue weighted by molar-refractivity contribution is 7.99. The highest BCUT2D eigenvalue weighted by atomic mass is 32.2. The van der Waals surface area contributed by atoms with E-state index in [2.05, 4.69) is 10.3 Å². The smallest absolute Gasteiger partial charge is 0.354 e. The van der Waals surface area contributed by atoms with Crippen molar-refractivity contribution in [3.8, 4) is 11.1 Å². The van der Waals surface area contributed by atoms with Crippen molar-refractivity contribution in [1.29, 1.82) is 0 Å². The SMILES string of the molecule is O=C(NS(=O)(=O)c1ccc(NCCSc2ccccc2)c([N+](=O)[O-])c1)c1ccc(-c2cccc3ccc(C(=O)O)nc23)cc1. The van der Waals surface area contributed by atoms with Gasteiger partial charge in [0.05, 0.1) is 15.3 Å². The predicted octanol–water partition coefficient (Wildman–Crippen LogP) is 5.83. The van der Waals surface area contributed by atoms with E-state index in [1.165, 1.54) is 30.3 Å². The lowest BCUT2D eigenvalue weighted by Crippen LogP contribution is -2.30. The second kappa shape index (κ2) is 12.9. The van der Waals surface area contributed by atoms with Gasteiger partial charge in [-0.25, -0.2) is 22.9 Å². The molecule has 0 aliphatic carbocycles. The van der Waals surface area contributed by atoms with Crippen LogP contribution in [0.2, 0.25) is 0 Å². The van der Waals surface area contributed by atoms with Crippen LogP contribution in [0.5, 0.6) is 0 Å². The molecule has 3 N–H and O–H groups in total. The molecule has 13 heteroatoms. The zero-order valence-electron chi connectivity index (χ0n) is 22.8. The van der Waals surface area contributed by atoms with E-state index >= 15 is 0 Å². The number of carbonyl (C=O) groups excluding carboxylic acids is 1. The molecular formula is C31H24N4O7S2. The number of benzene rings is 4. The van der Waals surface area contributed by atoms with Crippen LogP contribution in [-0.2, 0) is 10.0 Å². The van der Waals surface area contributed by atoms with Gasteiger partial charge in [0, 0.05) is 39.8 Å². The first kappa shape index (κ1) is 30.2. The fourth-order valence-corrected chi connectivity index (χ4v) is 6.17. The molecule has 5 aromatic rings. The minimum Gasteiger partial charge on any atom is -0.477 e. The maximum Gasteiger partial charge on any atom is 0.354 e. The number of nitrogens with one attached hydrogen (secondary N) is 2. The third-order valence-corrected chi connectivity index (χ3v) is 8.87. The number of para-hydroxylation sites is 1. The standard InChI is InChI=1S/C31H24N4O7S2/c36-30(22-11-9-20(10-12-22)25-8-4-5-21-13-15-27(31(37)38)33-29(21)25)34-44(41,42)24-14-16-26(28(19-24)35(39)40)32-17-18-43-23-6-2-1-3-7-23/h1-16,19,32H,17-18H2,(H,34,36)(H,37,38). The van der Waals surface area contributed by atoms with E-state index in [4.69, 9.17) is 0 Å².